The smallest absolute Gasteiger partial charge is 0.409 e. The Morgan fingerprint density at radius 2 is 1.88 bits per heavy atom. The van der Waals surface area contributed by atoms with E-state index in [-0.39, 0.29) is 35.9 Å². The number of carbonyl (C=O) groups is 3. The van der Waals surface area contributed by atoms with Crippen molar-refractivity contribution in [2.24, 2.45) is 5.92 Å². The molecule has 3 amide bonds. The van der Waals surface area contributed by atoms with Gasteiger partial charge in [0.05, 0.1) is 18.6 Å². The van der Waals surface area contributed by atoms with E-state index in [9.17, 15) is 14.4 Å². The van der Waals surface area contributed by atoms with Crippen LogP contribution in [-0.2, 0) is 9.53 Å². The van der Waals surface area contributed by atoms with E-state index in [1.54, 1.807) is 23.2 Å². The molecular weight excluding hydrogens is 450 g/mol. The van der Waals surface area contributed by atoms with Crippen LogP contribution in [0.25, 0.3) is 0 Å². The maximum Gasteiger partial charge on any atom is 0.409 e. The second kappa shape index (κ2) is 10.6. The molecule has 1 aromatic carbocycles. The summed E-state index contributed by atoms with van der Waals surface area (Å²) in [6.07, 6.45) is 1.06. The molecule has 34 heavy (non-hydrogen) atoms. The van der Waals surface area contributed by atoms with Gasteiger partial charge < -0.3 is 19.9 Å². The summed E-state index contributed by atoms with van der Waals surface area (Å²) in [5, 5.41) is 5.24. The second-order valence-electron chi connectivity index (χ2n) is 9.35. The summed E-state index contributed by atoms with van der Waals surface area (Å²) >= 11 is 1.58. The van der Waals surface area contributed by atoms with Gasteiger partial charge in [-0.05, 0) is 48.8 Å². The first-order valence-electron chi connectivity index (χ1n) is 12.1. The first kappa shape index (κ1) is 24.3. The van der Waals surface area contributed by atoms with Crippen LogP contribution in [0, 0.1) is 5.92 Å². The van der Waals surface area contributed by atoms with Gasteiger partial charge in [-0.25, -0.2) is 4.79 Å². The summed E-state index contributed by atoms with van der Waals surface area (Å²) in [6, 6.07) is 11.1. The number of likely N-dealkylation sites (tertiary alicyclic amines) is 1. The zero-order valence-corrected chi connectivity index (χ0v) is 20.8. The number of piperidine rings is 1. The Kier molecular flexibility index (Phi) is 7.56. The van der Waals surface area contributed by atoms with Crippen LogP contribution >= 0.6 is 11.3 Å². The molecule has 1 saturated heterocycles. The van der Waals surface area contributed by atoms with Crippen LogP contribution < -0.4 is 5.32 Å². The molecule has 7 nitrogen and oxygen atoms in total. The standard InChI is InChI=1S/C26H33N3O4S/c1-4-33-26(32)28-13-11-18(12-14-28)27-24(30)22-19-8-5-6-9-20(19)25(31)29(16-17(2)3)23(22)21-10-7-15-34-21/h5-10,15,17-18,22-23H,4,11-14,16H2,1-3H3,(H,27,30). The third kappa shape index (κ3) is 4.97. The number of benzene rings is 1. The van der Waals surface area contributed by atoms with Crippen LogP contribution in [0.5, 0.6) is 0 Å². The topological polar surface area (TPSA) is 79.0 Å². The van der Waals surface area contributed by atoms with Crippen molar-refractivity contribution in [2.45, 2.75) is 51.6 Å². The van der Waals surface area contributed by atoms with Gasteiger partial charge in [0, 0.05) is 36.1 Å². The summed E-state index contributed by atoms with van der Waals surface area (Å²) in [5.74, 6) is -0.307. The number of hydrogen-bond acceptors (Lipinski definition) is 5. The summed E-state index contributed by atoms with van der Waals surface area (Å²) < 4.78 is 5.10. The first-order valence-corrected chi connectivity index (χ1v) is 12.9. The van der Waals surface area contributed by atoms with Gasteiger partial charge in [-0.3, -0.25) is 9.59 Å². The zero-order valence-electron chi connectivity index (χ0n) is 20.0. The average Bonchev–Trinajstić information content (AvgIpc) is 3.35. The molecule has 1 fully saturated rings. The molecule has 2 atom stereocenters. The molecule has 2 aliphatic heterocycles. The van der Waals surface area contributed by atoms with Gasteiger partial charge in [-0.1, -0.05) is 38.1 Å². The van der Waals surface area contributed by atoms with Crippen molar-refractivity contribution in [2.75, 3.05) is 26.2 Å². The number of nitrogens with one attached hydrogen (secondary N) is 1. The summed E-state index contributed by atoms with van der Waals surface area (Å²) in [5.41, 5.74) is 1.39. The van der Waals surface area contributed by atoms with Gasteiger partial charge in [0.2, 0.25) is 5.91 Å². The Bertz CT molecular complexity index is 1010. The second-order valence-corrected chi connectivity index (χ2v) is 10.3. The number of thiophene rings is 1. The van der Waals surface area contributed by atoms with E-state index >= 15 is 0 Å². The molecule has 1 N–H and O–H groups in total. The Labute approximate surface area is 205 Å². The maximum absolute atomic E-state index is 13.8. The number of hydrogen-bond donors (Lipinski definition) is 1. The lowest BCUT2D eigenvalue weighted by Gasteiger charge is -2.42. The Balaban J connectivity index is 1.60. The number of fused-ring (bicyclic) bond motifs is 1. The van der Waals surface area contributed by atoms with Gasteiger partial charge >= 0.3 is 6.09 Å². The molecule has 8 heteroatoms. The van der Waals surface area contributed by atoms with Crippen molar-refractivity contribution < 1.29 is 19.1 Å². The predicted molar refractivity (Wildman–Crippen MR) is 132 cm³/mol. The zero-order chi connectivity index (χ0) is 24.2. The number of nitrogens with zero attached hydrogens (tertiary/aromatic N) is 2. The lowest BCUT2D eigenvalue weighted by Crippen LogP contribution is -2.51. The average molecular weight is 484 g/mol. The highest BCUT2D eigenvalue weighted by atomic mass is 32.1. The van der Waals surface area contributed by atoms with Crippen LogP contribution in [0.3, 0.4) is 0 Å². The Hall–Kier alpha value is -2.87. The molecule has 2 unspecified atom stereocenters. The molecule has 0 radical (unpaired) electrons. The van der Waals surface area contributed by atoms with E-state index in [1.165, 1.54) is 0 Å². The van der Waals surface area contributed by atoms with E-state index in [0.717, 1.165) is 10.4 Å². The van der Waals surface area contributed by atoms with Crippen molar-refractivity contribution in [3.05, 3.63) is 57.8 Å². The van der Waals surface area contributed by atoms with Gasteiger partial charge in [0.25, 0.3) is 5.91 Å². The first-order chi connectivity index (χ1) is 16.4. The maximum atomic E-state index is 13.8. The van der Waals surface area contributed by atoms with E-state index in [0.29, 0.717) is 44.6 Å². The molecule has 2 aromatic rings. The molecule has 182 valence electrons. The molecule has 0 aliphatic carbocycles. The molecule has 1 aromatic heterocycles. The minimum Gasteiger partial charge on any atom is -0.450 e. The largest absolute Gasteiger partial charge is 0.450 e. The number of rotatable bonds is 6. The van der Waals surface area contributed by atoms with Crippen molar-refractivity contribution in [3.8, 4) is 0 Å². The highest BCUT2D eigenvalue weighted by Crippen LogP contribution is 2.44. The molecule has 3 heterocycles. The summed E-state index contributed by atoms with van der Waals surface area (Å²) in [6.45, 7) is 8.01. The summed E-state index contributed by atoms with van der Waals surface area (Å²) in [4.78, 5) is 44.0. The highest BCUT2D eigenvalue weighted by Gasteiger charge is 2.45. The van der Waals surface area contributed by atoms with Crippen LogP contribution in [0.2, 0.25) is 0 Å². The fraction of sp³-hybridized carbons (Fsp3) is 0.500. The number of ether oxygens (including phenoxy) is 1. The van der Waals surface area contributed by atoms with E-state index in [4.69, 9.17) is 4.74 Å². The lowest BCUT2D eigenvalue weighted by molar-refractivity contribution is -0.125. The fourth-order valence-corrected chi connectivity index (χ4v) is 5.83. The van der Waals surface area contributed by atoms with Gasteiger partial charge in [-0.2, -0.15) is 0 Å². The van der Waals surface area contributed by atoms with Crippen molar-refractivity contribution in [1.82, 2.24) is 15.1 Å². The van der Waals surface area contributed by atoms with Crippen LogP contribution in [0.4, 0.5) is 4.79 Å². The number of amides is 3. The van der Waals surface area contributed by atoms with Gasteiger partial charge in [0.15, 0.2) is 0 Å². The normalized spacial score (nSPS) is 20.9. The molecule has 4 rings (SSSR count). The number of carbonyl (C=O) groups excluding carboxylic acids is 3. The summed E-state index contributed by atoms with van der Waals surface area (Å²) in [7, 11) is 0. The van der Waals surface area contributed by atoms with E-state index in [1.807, 2.05) is 46.7 Å². The highest BCUT2D eigenvalue weighted by molar-refractivity contribution is 7.10. The molecular formula is C26H33N3O4S. The lowest BCUT2D eigenvalue weighted by atomic mass is 9.80. The van der Waals surface area contributed by atoms with Crippen molar-refractivity contribution in [3.63, 3.8) is 0 Å². The van der Waals surface area contributed by atoms with Crippen LogP contribution in [0.15, 0.2) is 41.8 Å². The minimum absolute atomic E-state index is 0.0190. The SMILES string of the molecule is CCOC(=O)N1CCC(NC(=O)C2c3ccccc3C(=O)N(CC(C)C)C2c2cccs2)CC1. The van der Waals surface area contributed by atoms with Crippen LogP contribution in [0.1, 0.15) is 66.4 Å². The van der Waals surface area contributed by atoms with Crippen molar-refractivity contribution in [1.29, 1.82) is 0 Å². The molecule has 2 aliphatic rings. The quantitative estimate of drug-likeness (QED) is 0.660. The van der Waals surface area contributed by atoms with Gasteiger partial charge in [-0.15, -0.1) is 11.3 Å². The third-order valence-corrected chi connectivity index (χ3v) is 7.43. The minimum atomic E-state index is -0.491. The van der Waals surface area contributed by atoms with E-state index in [2.05, 4.69) is 19.2 Å². The fourth-order valence-electron chi connectivity index (χ4n) is 4.96. The Morgan fingerprint density at radius 3 is 2.53 bits per heavy atom. The monoisotopic (exact) mass is 483 g/mol. The molecule has 0 saturated carbocycles. The third-order valence-electron chi connectivity index (χ3n) is 6.48. The molecule has 0 bridgehead atoms. The van der Waals surface area contributed by atoms with E-state index < -0.39 is 5.92 Å². The van der Waals surface area contributed by atoms with Crippen molar-refractivity contribution >= 4 is 29.2 Å². The van der Waals surface area contributed by atoms with Gasteiger partial charge in [0.1, 0.15) is 0 Å². The predicted octanol–water partition coefficient (Wildman–Crippen LogP) is 4.42. The van der Waals surface area contributed by atoms with Crippen LogP contribution in [-0.4, -0.2) is 60.0 Å². The molecule has 0 spiro atoms. The Morgan fingerprint density at radius 1 is 1.15 bits per heavy atom.